The molecule has 2 heterocycles. The number of nitrogens with zero attached hydrogens (tertiary/aromatic N) is 2. The number of para-hydroxylation sites is 2. The van der Waals surface area contributed by atoms with Crippen LogP contribution in [0.4, 0.5) is 0 Å². The standard InChI is InChI=1S/C25H27N3OS/c1-17-14-18(2)20(19(3)15-17)16-28-22-9-5-4-8-21(22)27-24(28)11-6-12-26-25(29)23-10-7-13-30-23/h4-5,7-10,13-15H,6,11-12,16H2,1-3H3,(H,26,29). The highest BCUT2D eigenvalue weighted by Crippen LogP contribution is 2.23. The quantitative estimate of drug-likeness (QED) is 0.407. The summed E-state index contributed by atoms with van der Waals surface area (Å²) in [5.74, 6) is 1.07. The van der Waals surface area contributed by atoms with Crippen LogP contribution < -0.4 is 5.32 Å². The number of carbonyl (C=O) groups excluding carboxylic acids is 1. The van der Waals surface area contributed by atoms with Crippen LogP contribution in [0.25, 0.3) is 11.0 Å². The Balaban J connectivity index is 1.53. The molecule has 0 atom stereocenters. The lowest BCUT2D eigenvalue weighted by Crippen LogP contribution is -2.24. The van der Waals surface area contributed by atoms with Crippen molar-refractivity contribution < 1.29 is 4.79 Å². The fraction of sp³-hybridized carbons (Fsp3) is 0.280. The number of carbonyl (C=O) groups is 1. The Hall–Kier alpha value is -2.92. The van der Waals surface area contributed by atoms with E-state index in [4.69, 9.17) is 4.98 Å². The van der Waals surface area contributed by atoms with Crippen LogP contribution in [-0.2, 0) is 13.0 Å². The van der Waals surface area contributed by atoms with Crippen LogP contribution in [0.3, 0.4) is 0 Å². The van der Waals surface area contributed by atoms with Crippen LogP contribution in [0.1, 0.15) is 44.2 Å². The van der Waals surface area contributed by atoms with Crippen molar-refractivity contribution in [1.82, 2.24) is 14.9 Å². The van der Waals surface area contributed by atoms with E-state index in [1.54, 1.807) is 0 Å². The molecule has 5 heteroatoms. The molecule has 0 unspecified atom stereocenters. The van der Waals surface area contributed by atoms with Crippen molar-refractivity contribution in [1.29, 1.82) is 0 Å². The fourth-order valence-corrected chi connectivity index (χ4v) is 4.69. The predicted molar refractivity (Wildman–Crippen MR) is 124 cm³/mol. The molecule has 0 aliphatic carbocycles. The topological polar surface area (TPSA) is 46.9 Å². The Morgan fingerprint density at radius 1 is 1.07 bits per heavy atom. The van der Waals surface area contributed by atoms with Crippen molar-refractivity contribution >= 4 is 28.3 Å². The van der Waals surface area contributed by atoms with Crippen LogP contribution >= 0.6 is 11.3 Å². The van der Waals surface area contributed by atoms with Gasteiger partial charge in [0.15, 0.2) is 0 Å². The third-order valence-electron chi connectivity index (χ3n) is 5.50. The van der Waals surface area contributed by atoms with Crippen molar-refractivity contribution in [2.75, 3.05) is 6.54 Å². The molecule has 1 amide bonds. The molecule has 0 fully saturated rings. The summed E-state index contributed by atoms with van der Waals surface area (Å²) < 4.78 is 2.33. The lowest BCUT2D eigenvalue weighted by atomic mass is 9.99. The second-order valence-corrected chi connectivity index (χ2v) is 8.76. The number of imidazole rings is 1. The van der Waals surface area contributed by atoms with Crippen molar-refractivity contribution in [2.24, 2.45) is 0 Å². The average Bonchev–Trinajstić information content (AvgIpc) is 3.36. The number of benzene rings is 2. The number of aromatic nitrogens is 2. The van der Waals surface area contributed by atoms with E-state index in [1.807, 2.05) is 23.6 Å². The molecular weight excluding hydrogens is 390 g/mol. The molecule has 0 bridgehead atoms. The number of aryl methyl sites for hydroxylation is 4. The summed E-state index contributed by atoms with van der Waals surface area (Å²) >= 11 is 1.47. The lowest BCUT2D eigenvalue weighted by molar-refractivity contribution is 0.0957. The Labute approximate surface area is 181 Å². The smallest absolute Gasteiger partial charge is 0.261 e. The molecule has 2 aromatic heterocycles. The molecule has 4 aromatic rings. The van der Waals surface area contributed by atoms with Crippen molar-refractivity contribution in [3.8, 4) is 0 Å². The van der Waals surface area contributed by atoms with E-state index < -0.39 is 0 Å². The Morgan fingerprint density at radius 2 is 1.83 bits per heavy atom. The van der Waals surface area contributed by atoms with Gasteiger partial charge in [-0.3, -0.25) is 4.79 Å². The van der Waals surface area contributed by atoms with Crippen LogP contribution in [-0.4, -0.2) is 22.0 Å². The lowest BCUT2D eigenvalue weighted by Gasteiger charge is -2.15. The summed E-state index contributed by atoms with van der Waals surface area (Å²) in [6, 6.07) is 16.6. The molecule has 2 aromatic carbocycles. The monoisotopic (exact) mass is 417 g/mol. The highest BCUT2D eigenvalue weighted by Gasteiger charge is 2.14. The van der Waals surface area contributed by atoms with E-state index in [1.165, 1.54) is 33.6 Å². The van der Waals surface area contributed by atoms with Gasteiger partial charge in [-0.1, -0.05) is 35.9 Å². The Kier molecular flexibility index (Phi) is 6.00. The van der Waals surface area contributed by atoms with Gasteiger partial charge in [-0.15, -0.1) is 11.3 Å². The summed E-state index contributed by atoms with van der Waals surface area (Å²) in [5.41, 5.74) is 7.48. The van der Waals surface area contributed by atoms with E-state index in [0.29, 0.717) is 6.54 Å². The Bertz CT molecular complexity index is 1150. The molecule has 154 valence electrons. The average molecular weight is 418 g/mol. The van der Waals surface area contributed by atoms with Gasteiger partial charge in [0.25, 0.3) is 5.91 Å². The first-order valence-electron chi connectivity index (χ1n) is 10.4. The summed E-state index contributed by atoms with van der Waals surface area (Å²) in [7, 11) is 0. The number of fused-ring (bicyclic) bond motifs is 1. The van der Waals surface area contributed by atoms with Gasteiger partial charge in [0.2, 0.25) is 0 Å². The van der Waals surface area contributed by atoms with Crippen LogP contribution in [0.5, 0.6) is 0 Å². The van der Waals surface area contributed by atoms with Gasteiger partial charge in [-0.2, -0.15) is 0 Å². The first-order valence-corrected chi connectivity index (χ1v) is 11.2. The number of hydrogen-bond donors (Lipinski definition) is 1. The molecule has 0 radical (unpaired) electrons. The highest BCUT2D eigenvalue weighted by atomic mass is 32.1. The molecule has 30 heavy (non-hydrogen) atoms. The molecule has 0 saturated heterocycles. The molecule has 4 nitrogen and oxygen atoms in total. The van der Waals surface area contributed by atoms with E-state index in [-0.39, 0.29) is 5.91 Å². The minimum atomic E-state index is 0.00408. The number of amides is 1. The van der Waals surface area contributed by atoms with Crippen molar-refractivity contribution in [3.63, 3.8) is 0 Å². The molecule has 4 rings (SSSR count). The summed E-state index contributed by atoms with van der Waals surface area (Å²) in [4.78, 5) is 17.8. The highest BCUT2D eigenvalue weighted by molar-refractivity contribution is 7.12. The van der Waals surface area contributed by atoms with Crippen LogP contribution in [0, 0.1) is 20.8 Å². The van der Waals surface area contributed by atoms with E-state index in [0.717, 1.165) is 41.1 Å². The third-order valence-corrected chi connectivity index (χ3v) is 6.37. The van der Waals surface area contributed by atoms with Gasteiger partial charge in [0, 0.05) is 19.5 Å². The zero-order valence-corrected chi connectivity index (χ0v) is 18.6. The molecule has 0 aliphatic rings. The first kappa shape index (κ1) is 20.4. The van der Waals surface area contributed by atoms with E-state index in [2.05, 4.69) is 61.0 Å². The zero-order chi connectivity index (χ0) is 21.1. The predicted octanol–water partition coefficient (Wildman–Crippen LogP) is 5.43. The van der Waals surface area contributed by atoms with E-state index >= 15 is 0 Å². The number of hydrogen-bond acceptors (Lipinski definition) is 3. The molecular formula is C25H27N3OS. The van der Waals surface area contributed by atoms with Gasteiger partial charge in [-0.05, 0) is 67.5 Å². The summed E-state index contributed by atoms with van der Waals surface area (Å²) in [5, 5.41) is 4.94. The van der Waals surface area contributed by atoms with Gasteiger partial charge in [0.1, 0.15) is 5.82 Å². The summed E-state index contributed by atoms with van der Waals surface area (Å²) in [6.45, 7) is 7.98. The maximum atomic E-state index is 12.1. The number of thiophene rings is 1. The molecule has 0 spiro atoms. The minimum Gasteiger partial charge on any atom is -0.351 e. The first-order chi connectivity index (χ1) is 14.5. The third kappa shape index (κ3) is 4.31. The molecule has 1 N–H and O–H groups in total. The molecule has 0 aliphatic heterocycles. The second-order valence-electron chi connectivity index (χ2n) is 7.82. The van der Waals surface area contributed by atoms with Crippen LogP contribution in [0.2, 0.25) is 0 Å². The van der Waals surface area contributed by atoms with Crippen molar-refractivity contribution in [3.05, 3.63) is 86.9 Å². The SMILES string of the molecule is Cc1cc(C)c(Cn2c(CCCNC(=O)c3cccs3)nc3ccccc32)c(C)c1. The molecule has 0 saturated carbocycles. The van der Waals surface area contributed by atoms with Gasteiger partial charge >= 0.3 is 0 Å². The van der Waals surface area contributed by atoms with E-state index in [9.17, 15) is 4.79 Å². The zero-order valence-electron chi connectivity index (χ0n) is 17.7. The van der Waals surface area contributed by atoms with Crippen LogP contribution in [0.15, 0.2) is 53.9 Å². The van der Waals surface area contributed by atoms with Gasteiger partial charge < -0.3 is 9.88 Å². The maximum absolute atomic E-state index is 12.1. The van der Waals surface area contributed by atoms with Crippen molar-refractivity contribution in [2.45, 2.75) is 40.2 Å². The van der Waals surface area contributed by atoms with Gasteiger partial charge in [0.05, 0.1) is 15.9 Å². The minimum absolute atomic E-state index is 0.00408. The second kappa shape index (κ2) is 8.84. The van der Waals surface area contributed by atoms with Gasteiger partial charge in [-0.25, -0.2) is 4.98 Å². The maximum Gasteiger partial charge on any atom is 0.261 e. The fourth-order valence-electron chi connectivity index (χ4n) is 4.05. The largest absolute Gasteiger partial charge is 0.351 e. The normalized spacial score (nSPS) is 11.2. The Morgan fingerprint density at radius 3 is 2.57 bits per heavy atom. The summed E-state index contributed by atoms with van der Waals surface area (Å²) in [6.07, 6.45) is 1.68. The number of rotatable bonds is 7. The number of nitrogens with one attached hydrogen (secondary N) is 1.